The zero-order valence-electron chi connectivity index (χ0n) is 10.8. The Bertz CT molecular complexity index is 743. The predicted octanol–water partition coefficient (Wildman–Crippen LogP) is 3.50. The Morgan fingerprint density at radius 1 is 1.10 bits per heavy atom. The van der Waals surface area contributed by atoms with Gasteiger partial charge >= 0.3 is 5.97 Å². The lowest BCUT2D eigenvalue weighted by Gasteiger charge is -2.07. The van der Waals surface area contributed by atoms with Crippen molar-refractivity contribution in [3.63, 3.8) is 0 Å². The minimum absolute atomic E-state index is 0.234. The van der Waals surface area contributed by atoms with Gasteiger partial charge in [0, 0.05) is 6.07 Å². The molecule has 0 N–H and O–H groups in total. The summed E-state index contributed by atoms with van der Waals surface area (Å²) in [4.78, 5) is 11.7. The van der Waals surface area contributed by atoms with Gasteiger partial charge in [0.15, 0.2) is 0 Å². The third-order valence-electron chi connectivity index (χ3n) is 2.66. The number of esters is 1. The Morgan fingerprint density at radius 3 is 2.24 bits per heavy atom. The second-order valence-corrected chi connectivity index (χ2v) is 4.25. The van der Waals surface area contributed by atoms with Crippen LogP contribution in [-0.2, 0) is 0 Å². The minimum atomic E-state index is -1.28. The van der Waals surface area contributed by atoms with Crippen molar-refractivity contribution in [1.82, 2.24) is 0 Å². The van der Waals surface area contributed by atoms with Gasteiger partial charge in [-0.1, -0.05) is 0 Å². The maximum atomic E-state index is 13.6. The molecule has 6 heteroatoms. The van der Waals surface area contributed by atoms with Gasteiger partial charge < -0.3 is 4.74 Å². The van der Waals surface area contributed by atoms with Gasteiger partial charge in [-0.25, -0.2) is 18.0 Å². The Morgan fingerprint density at radius 2 is 1.71 bits per heavy atom. The van der Waals surface area contributed by atoms with Crippen LogP contribution in [0.15, 0.2) is 30.3 Å². The molecule has 0 aliphatic rings. The molecule has 0 saturated carbocycles. The number of nitriles is 1. The summed E-state index contributed by atoms with van der Waals surface area (Å²) in [6.45, 7) is 1.47. The zero-order valence-corrected chi connectivity index (χ0v) is 10.8. The summed E-state index contributed by atoms with van der Waals surface area (Å²) in [6.07, 6.45) is 0. The van der Waals surface area contributed by atoms with E-state index in [1.807, 2.05) is 0 Å². The number of nitrogens with zero attached hydrogens (tertiary/aromatic N) is 1. The molecule has 0 bridgehead atoms. The molecule has 0 aliphatic carbocycles. The average Bonchev–Trinajstić information content (AvgIpc) is 2.37. The number of aryl methyl sites for hydroxylation is 1. The highest BCUT2D eigenvalue weighted by Gasteiger charge is 2.20. The van der Waals surface area contributed by atoms with E-state index in [4.69, 9.17) is 10.00 Å². The second-order valence-electron chi connectivity index (χ2n) is 4.25. The molecular weight excluding hydrogens is 283 g/mol. The Hall–Kier alpha value is -2.81. The molecule has 2 aromatic carbocycles. The van der Waals surface area contributed by atoms with Crippen molar-refractivity contribution in [1.29, 1.82) is 5.26 Å². The summed E-state index contributed by atoms with van der Waals surface area (Å²) in [5.41, 5.74) is -0.779. The molecular formula is C15H8F3NO2. The molecule has 0 fully saturated rings. The van der Waals surface area contributed by atoms with Gasteiger partial charge in [0.05, 0.1) is 5.56 Å². The number of ether oxygens (including phenoxy) is 1. The van der Waals surface area contributed by atoms with Crippen LogP contribution in [0.3, 0.4) is 0 Å². The van der Waals surface area contributed by atoms with Gasteiger partial charge in [-0.15, -0.1) is 0 Å². The molecule has 0 aromatic heterocycles. The van der Waals surface area contributed by atoms with Gasteiger partial charge in [-0.3, -0.25) is 0 Å². The highest BCUT2D eigenvalue weighted by Crippen LogP contribution is 2.20. The first-order chi connectivity index (χ1) is 9.92. The van der Waals surface area contributed by atoms with Crippen LogP contribution in [-0.4, -0.2) is 5.97 Å². The number of carbonyl (C=O) groups is 1. The van der Waals surface area contributed by atoms with E-state index in [-0.39, 0.29) is 11.3 Å². The van der Waals surface area contributed by atoms with E-state index in [0.29, 0.717) is 5.56 Å². The molecule has 0 heterocycles. The molecule has 0 aliphatic heterocycles. The van der Waals surface area contributed by atoms with Crippen molar-refractivity contribution < 1.29 is 22.7 Å². The molecule has 0 saturated heterocycles. The van der Waals surface area contributed by atoms with Crippen molar-refractivity contribution in [2.45, 2.75) is 6.92 Å². The number of hydrogen-bond donors (Lipinski definition) is 0. The second kappa shape index (κ2) is 5.67. The number of carbonyl (C=O) groups excluding carboxylic acids is 1. The topological polar surface area (TPSA) is 50.1 Å². The van der Waals surface area contributed by atoms with Crippen LogP contribution in [0.1, 0.15) is 21.5 Å². The fourth-order valence-electron chi connectivity index (χ4n) is 1.70. The number of halogens is 3. The van der Waals surface area contributed by atoms with E-state index in [2.05, 4.69) is 0 Å². The van der Waals surface area contributed by atoms with Crippen molar-refractivity contribution in [3.8, 4) is 11.8 Å². The fourth-order valence-corrected chi connectivity index (χ4v) is 1.70. The highest BCUT2D eigenvalue weighted by atomic mass is 19.1. The molecule has 21 heavy (non-hydrogen) atoms. The Labute approximate surface area is 118 Å². The van der Waals surface area contributed by atoms with Gasteiger partial charge in [-0.2, -0.15) is 5.26 Å². The van der Waals surface area contributed by atoms with Crippen LogP contribution in [0.2, 0.25) is 0 Å². The molecule has 0 radical (unpaired) electrons. The lowest BCUT2D eigenvalue weighted by atomic mass is 10.1. The zero-order chi connectivity index (χ0) is 15.6. The molecule has 0 spiro atoms. The molecule has 3 nitrogen and oxygen atoms in total. The summed E-state index contributed by atoms with van der Waals surface area (Å²) in [5, 5.41) is 8.57. The lowest BCUT2D eigenvalue weighted by molar-refractivity contribution is 0.0724. The number of rotatable bonds is 2. The lowest BCUT2D eigenvalue weighted by Crippen LogP contribution is -2.13. The van der Waals surface area contributed by atoms with Gasteiger partial charge in [0.1, 0.15) is 34.8 Å². The highest BCUT2D eigenvalue weighted by molar-refractivity contribution is 5.91. The first-order valence-corrected chi connectivity index (χ1v) is 5.80. The number of benzene rings is 2. The normalized spacial score (nSPS) is 10.0. The summed E-state index contributed by atoms with van der Waals surface area (Å²) >= 11 is 0. The summed E-state index contributed by atoms with van der Waals surface area (Å²) in [5.74, 6) is -4.56. The van der Waals surface area contributed by atoms with E-state index < -0.39 is 29.0 Å². The summed E-state index contributed by atoms with van der Waals surface area (Å²) < 4.78 is 45.3. The van der Waals surface area contributed by atoms with Gasteiger partial charge in [0.25, 0.3) is 0 Å². The van der Waals surface area contributed by atoms with Crippen molar-refractivity contribution in [3.05, 3.63) is 64.5 Å². The molecule has 2 aromatic rings. The maximum absolute atomic E-state index is 13.6. The van der Waals surface area contributed by atoms with Gasteiger partial charge in [0.2, 0.25) is 0 Å². The monoisotopic (exact) mass is 291 g/mol. The maximum Gasteiger partial charge on any atom is 0.349 e. The van der Waals surface area contributed by atoms with Gasteiger partial charge in [-0.05, 0) is 36.8 Å². The van der Waals surface area contributed by atoms with Crippen molar-refractivity contribution in [2.75, 3.05) is 0 Å². The first-order valence-electron chi connectivity index (χ1n) is 5.80. The third-order valence-corrected chi connectivity index (χ3v) is 2.66. The fraction of sp³-hybridized carbons (Fsp3) is 0.0667. The largest absolute Gasteiger partial charge is 0.423 e. The average molecular weight is 291 g/mol. The van der Waals surface area contributed by atoms with Crippen LogP contribution in [0, 0.1) is 35.7 Å². The van der Waals surface area contributed by atoms with Crippen LogP contribution in [0.25, 0.3) is 0 Å². The molecule has 0 unspecified atom stereocenters. The SMILES string of the molecule is Cc1cc(F)c(C(=O)Oc2ccc(C#N)c(F)c2)c(F)c1. The summed E-state index contributed by atoms with van der Waals surface area (Å²) in [7, 11) is 0. The van der Waals surface area contributed by atoms with E-state index >= 15 is 0 Å². The molecule has 2 rings (SSSR count). The Kier molecular flexibility index (Phi) is 3.94. The molecule has 0 amide bonds. The minimum Gasteiger partial charge on any atom is -0.423 e. The van der Waals surface area contributed by atoms with Crippen molar-refractivity contribution in [2.24, 2.45) is 0 Å². The van der Waals surface area contributed by atoms with Crippen LogP contribution < -0.4 is 4.74 Å². The summed E-state index contributed by atoms with van der Waals surface area (Å²) in [6, 6.07) is 6.61. The van der Waals surface area contributed by atoms with Crippen molar-refractivity contribution >= 4 is 5.97 Å². The smallest absolute Gasteiger partial charge is 0.349 e. The molecule has 0 atom stereocenters. The predicted molar refractivity (Wildman–Crippen MR) is 67.2 cm³/mol. The van der Waals surface area contributed by atoms with E-state index in [1.54, 1.807) is 6.07 Å². The molecule has 106 valence electrons. The van der Waals surface area contributed by atoms with Crippen LogP contribution >= 0.6 is 0 Å². The van der Waals surface area contributed by atoms with E-state index in [1.165, 1.54) is 6.92 Å². The number of hydrogen-bond acceptors (Lipinski definition) is 3. The first kappa shape index (κ1) is 14.6. The Balaban J connectivity index is 2.31. The standard InChI is InChI=1S/C15H8F3NO2/c1-8-4-12(17)14(13(18)5-8)15(20)21-10-3-2-9(7-19)11(16)6-10/h2-6H,1H3. The quantitative estimate of drug-likeness (QED) is 0.628. The van der Waals surface area contributed by atoms with E-state index in [9.17, 15) is 18.0 Å². The van der Waals surface area contributed by atoms with E-state index in [0.717, 1.165) is 30.3 Å². The third kappa shape index (κ3) is 3.03. The van der Waals surface area contributed by atoms with Crippen LogP contribution in [0.5, 0.6) is 5.75 Å². The van der Waals surface area contributed by atoms with Crippen LogP contribution in [0.4, 0.5) is 13.2 Å².